The average Bonchev–Trinajstić information content (AvgIpc) is 3.39. The van der Waals surface area contributed by atoms with Crippen molar-refractivity contribution >= 4 is 47.2 Å². The molecule has 0 aliphatic carbocycles. The van der Waals surface area contributed by atoms with E-state index in [1.165, 1.54) is 42.5 Å². The zero-order valence-corrected chi connectivity index (χ0v) is 21.2. The average molecular weight is 573 g/mol. The SMILES string of the molecule is CCOC(=O)c1ccc(NC(=O)C(=O)NCc2ccc(/C=N/NC(=O)C(=O)Nc3cccc(C(F)(F)F)c3)o2)cc1. The first-order chi connectivity index (χ1) is 19.5. The lowest BCUT2D eigenvalue weighted by Gasteiger charge is -2.09. The maximum Gasteiger partial charge on any atom is 0.416 e. The number of hydrogen-bond donors (Lipinski definition) is 4. The van der Waals surface area contributed by atoms with Gasteiger partial charge in [0, 0.05) is 11.4 Å². The van der Waals surface area contributed by atoms with Gasteiger partial charge in [0.05, 0.1) is 30.5 Å². The molecule has 3 aromatic rings. The van der Waals surface area contributed by atoms with Gasteiger partial charge in [-0.3, -0.25) is 19.2 Å². The lowest BCUT2D eigenvalue weighted by Crippen LogP contribution is -2.34. The lowest BCUT2D eigenvalue weighted by atomic mass is 10.2. The van der Waals surface area contributed by atoms with Gasteiger partial charge in [-0.15, -0.1) is 0 Å². The molecule has 1 heterocycles. The van der Waals surface area contributed by atoms with Crippen LogP contribution in [0.15, 0.2) is 70.2 Å². The number of benzene rings is 2. The van der Waals surface area contributed by atoms with Gasteiger partial charge in [0.2, 0.25) is 0 Å². The minimum absolute atomic E-state index is 0.110. The number of rotatable bonds is 8. The third kappa shape index (κ3) is 9.05. The molecule has 0 atom stereocenters. The van der Waals surface area contributed by atoms with Crippen molar-refractivity contribution in [2.24, 2.45) is 5.10 Å². The predicted octanol–water partition coefficient (Wildman–Crippen LogP) is 2.82. The minimum atomic E-state index is -4.62. The molecule has 2 aromatic carbocycles. The lowest BCUT2D eigenvalue weighted by molar-refractivity contribution is -0.137. The van der Waals surface area contributed by atoms with Gasteiger partial charge in [-0.05, 0) is 61.5 Å². The van der Waals surface area contributed by atoms with E-state index in [-0.39, 0.29) is 41.6 Å². The zero-order chi connectivity index (χ0) is 30.0. The predicted molar refractivity (Wildman–Crippen MR) is 137 cm³/mol. The Morgan fingerprint density at radius 2 is 1.56 bits per heavy atom. The van der Waals surface area contributed by atoms with Gasteiger partial charge in [-0.25, -0.2) is 10.2 Å². The summed E-state index contributed by atoms with van der Waals surface area (Å²) in [5.41, 5.74) is 1.22. The van der Waals surface area contributed by atoms with E-state index in [0.29, 0.717) is 6.07 Å². The smallest absolute Gasteiger partial charge is 0.416 e. The molecular formula is C26H22F3N5O7. The maximum absolute atomic E-state index is 12.8. The van der Waals surface area contributed by atoms with E-state index in [1.54, 1.807) is 6.92 Å². The molecule has 0 aliphatic heterocycles. The van der Waals surface area contributed by atoms with E-state index >= 15 is 0 Å². The third-order valence-corrected chi connectivity index (χ3v) is 4.98. The maximum atomic E-state index is 12.8. The number of furan rings is 1. The highest BCUT2D eigenvalue weighted by molar-refractivity contribution is 6.40. The van der Waals surface area contributed by atoms with Gasteiger partial charge in [0.25, 0.3) is 0 Å². The number of anilines is 2. The Balaban J connectivity index is 1.43. The molecule has 3 rings (SSSR count). The fourth-order valence-electron chi connectivity index (χ4n) is 3.06. The number of amides is 4. The molecule has 1 aromatic heterocycles. The van der Waals surface area contributed by atoms with Crippen LogP contribution in [-0.2, 0) is 36.6 Å². The molecule has 0 fully saturated rings. The standard InChI is InChI=1S/C26H22F3N5O7/c1-2-40-25(39)15-6-8-17(9-7-15)32-22(36)21(35)30-13-19-10-11-20(41-19)14-31-34-24(38)23(37)33-18-5-3-4-16(12-18)26(27,28)29/h3-12,14H,2,13H2,1H3,(H,30,35)(H,32,36)(H,33,37)(H,34,38)/b31-14+. The molecule has 12 nitrogen and oxygen atoms in total. The molecule has 0 saturated heterocycles. The van der Waals surface area contributed by atoms with Crippen LogP contribution in [0.2, 0.25) is 0 Å². The number of alkyl halides is 3. The second-order valence-electron chi connectivity index (χ2n) is 7.97. The first-order valence-electron chi connectivity index (χ1n) is 11.7. The Kier molecular flexibility index (Phi) is 9.94. The van der Waals surface area contributed by atoms with E-state index in [4.69, 9.17) is 9.15 Å². The van der Waals surface area contributed by atoms with Crippen LogP contribution in [0, 0.1) is 0 Å². The van der Waals surface area contributed by atoms with E-state index in [1.807, 2.05) is 10.7 Å². The van der Waals surface area contributed by atoms with Crippen LogP contribution in [0.25, 0.3) is 0 Å². The first-order valence-corrected chi connectivity index (χ1v) is 11.7. The molecule has 15 heteroatoms. The van der Waals surface area contributed by atoms with Gasteiger partial charge in [0.15, 0.2) is 0 Å². The van der Waals surface area contributed by atoms with Crippen molar-refractivity contribution < 1.29 is 46.3 Å². The van der Waals surface area contributed by atoms with Crippen LogP contribution in [0.4, 0.5) is 24.5 Å². The number of carbonyl (C=O) groups is 5. The highest BCUT2D eigenvalue weighted by Gasteiger charge is 2.30. The number of hydrogen-bond acceptors (Lipinski definition) is 8. The van der Waals surface area contributed by atoms with Crippen LogP contribution >= 0.6 is 0 Å². The summed E-state index contributed by atoms with van der Waals surface area (Å²) in [6.07, 6.45) is -3.58. The largest absolute Gasteiger partial charge is 0.462 e. The molecule has 4 amide bonds. The van der Waals surface area contributed by atoms with Crippen molar-refractivity contribution in [2.75, 3.05) is 17.2 Å². The van der Waals surface area contributed by atoms with Crippen molar-refractivity contribution in [3.63, 3.8) is 0 Å². The fourth-order valence-corrected chi connectivity index (χ4v) is 3.06. The summed E-state index contributed by atoms with van der Waals surface area (Å²) >= 11 is 0. The van der Waals surface area contributed by atoms with Crippen LogP contribution in [0.1, 0.15) is 34.4 Å². The molecule has 4 N–H and O–H groups in total. The Labute approximate surface area is 229 Å². The van der Waals surface area contributed by atoms with Crippen molar-refractivity contribution in [1.29, 1.82) is 0 Å². The highest BCUT2D eigenvalue weighted by atomic mass is 19.4. The summed E-state index contributed by atoms with van der Waals surface area (Å²) in [5, 5.41) is 10.3. The fraction of sp³-hybridized carbons (Fsp3) is 0.154. The van der Waals surface area contributed by atoms with E-state index in [0.717, 1.165) is 18.3 Å². The van der Waals surface area contributed by atoms with Gasteiger partial charge in [-0.1, -0.05) is 6.07 Å². The number of halogens is 3. The Bertz CT molecular complexity index is 1470. The monoisotopic (exact) mass is 573 g/mol. The number of carbonyl (C=O) groups excluding carboxylic acids is 5. The van der Waals surface area contributed by atoms with E-state index in [2.05, 4.69) is 15.7 Å². The molecule has 0 spiro atoms. The summed E-state index contributed by atoms with van der Waals surface area (Å²) < 4.78 is 48.6. The van der Waals surface area contributed by atoms with Crippen molar-refractivity contribution in [1.82, 2.24) is 10.7 Å². The number of esters is 1. The van der Waals surface area contributed by atoms with Crippen LogP contribution < -0.4 is 21.4 Å². The molecule has 0 aliphatic rings. The number of hydrazone groups is 1. The van der Waals surface area contributed by atoms with E-state index < -0.39 is 41.3 Å². The molecule has 0 saturated carbocycles. The Morgan fingerprint density at radius 1 is 0.878 bits per heavy atom. The molecule has 0 radical (unpaired) electrons. The number of ether oxygens (including phenoxy) is 1. The van der Waals surface area contributed by atoms with Crippen molar-refractivity contribution in [2.45, 2.75) is 19.6 Å². The van der Waals surface area contributed by atoms with Gasteiger partial charge in [-0.2, -0.15) is 18.3 Å². The van der Waals surface area contributed by atoms with E-state index in [9.17, 15) is 37.1 Å². The summed E-state index contributed by atoms with van der Waals surface area (Å²) in [5.74, 6) is -4.62. The molecule has 214 valence electrons. The van der Waals surface area contributed by atoms with Crippen molar-refractivity contribution in [3.05, 3.63) is 83.3 Å². The highest BCUT2D eigenvalue weighted by Crippen LogP contribution is 2.30. The van der Waals surface area contributed by atoms with Crippen LogP contribution in [0.5, 0.6) is 0 Å². The van der Waals surface area contributed by atoms with Gasteiger partial charge in [0.1, 0.15) is 11.5 Å². The number of nitrogens with zero attached hydrogens (tertiary/aromatic N) is 1. The molecule has 0 bridgehead atoms. The summed E-state index contributed by atoms with van der Waals surface area (Å²) in [4.78, 5) is 59.6. The second kappa shape index (κ2) is 13.5. The zero-order valence-electron chi connectivity index (χ0n) is 21.2. The summed E-state index contributed by atoms with van der Waals surface area (Å²) in [6, 6.07) is 12.4. The van der Waals surface area contributed by atoms with Crippen LogP contribution in [-0.4, -0.2) is 42.4 Å². The van der Waals surface area contributed by atoms with Crippen LogP contribution in [0.3, 0.4) is 0 Å². The quantitative estimate of drug-likeness (QED) is 0.139. The topological polar surface area (TPSA) is 168 Å². The van der Waals surface area contributed by atoms with Crippen molar-refractivity contribution in [3.8, 4) is 0 Å². The first kappa shape index (κ1) is 30.1. The normalized spacial score (nSPS) is 11.0. The third-order valence-electron chi connectivity index (χ3n) is 4.98. The molecule has 0 unspecified atom stereocenters. The minimum Gasteiger partial charge on any atom is -0.462 e. The second-order valence-corrected chi connectivity index (χ2v) is 7.97. The Hall–Kier alpha value is -5.47. The summed E-state index contributed by atoms with van der Waals surface area (Å²) in [7, 11) is 0. The molecular weight excluding hydrogens is 551 g/mol. The number of nitrogens with one attached hydrogen (secondary N) is 4. The molecule has 41 heavy (non-hydrogen) atoms. The van der Waals surface area contributed by atoms with Gasteiger partial charge >= 0.3 is 35.8 Å². The summed E-state index contributed by atoms with van der Waals surface area (Å²) in [6.45, 7) is 1.71. The van der Waals surface area contributed by atoms with Gasteiger partial charge < -0.3 is 25.1 Å². The Morgan fingerprint density at radius 3 is 2.24 bits per heavy atom.